The third-order valence-corrected chi connectivity index (χ3v) is 6.34. The van der Waals surface area contributed by atoms with Crippen molar-refractivity contribution in [2.75, 3.05) is 24.7 Å². The molecular weight excluding hydrogens is 406 g/mol. The lowest BCUT2D eigenvalue weighted by atomic mass is 10.0. The normalized spacial score (nSPS) is 16.1. The maximum Gasteiger partial charge on any atom is 0.303 e. The summed E-state index contributed by atoms with van der Waals surface area (Å²) in [5, 5.41) is 8.70. The number of aryl methyl sites for hydroxylation is 1. The number of rotatable bonds is 12. The number of benzene rings is 2. The molecule has 1 atom stereocenters. The molecule has 1 saturated heterocycles. The smallest absolute Gasteiger partial charge is 0.303 e. The summed E-state index contributed by atoms with van der Waals surface area (Å²) >= 11 is 1.79. The molecule has 0 saturated carbocycles. The Morgan fingerprint density at radius 3 is 2.77 bits per heavy atom. The number of ether oxygens (including phenoxy) is 1. The summed E-state index contributed by atoms with van der Waals surface area (Å²) < 4.78 is 5.66. The molecule has 31 heavy (non-hydrogen) atoms. The van der Waals surface area contributed by atoms with Gasteiger partial charge in [-0.15, -0.1) is 0 Å². The van der Waals surface area contributed by atoms with Crippen molar-refractivity contribution in [3.63, 3.8) is 0 Å². The van der Waals surface area contributed by atoms with Crippen molar-refractivity contribution in [1.29, 1.82) is 0 Å². The van der Waals surface area contributed by atoms with Crippen LogP contribution in [0.25, 0.3) is 11.1 Å². The van der Waals surface area contributed by atoms with Gasteiger partial charge in [-0.25, -0.2) is 0 Å². The van der Waals surface area contributed by atoms with Gasteiger partial charge >= 0.3 is 5.97 Å². The Bertz CT molecular complexity index is 881. The van der Waals surface area contributed by atoms with E-state index in [0.29, 0.717) is 13.0 Å². The van der Waals surface area contributed by atoms with Crippen LogP contribution in [0, 0.1) is 0 Å². The van der Waals surface area contributed by atoms with Crippen LogP contribution in [0.1, 0.15) is 24.8 Å². The fourth-order valence-corrected chi connectivity index (χ4v) is 4.50. The van der Waals surface area contributed by atoms with Crippen LogP contribution >= 0.6 is 11.8 Å². The number of carboxylic acid groups (broad SMARTS) is 1. The van der Waals surface area contributed by atoms with E-state index in [0.717, 1.165) is 36.8 Å². The van der Waals surface area contributed by atoms with Crippen LogP contribution in [0.2, 0.25) is 0 Å². The first-order valence-corrected chi connectivity index (χ1v) is 12.0. The lowest BCUT2D eigenvalue weighted by Crippen LogP contribution is -2.30. The predicted molar refractivity (Wildman–Crippen MR) is 129 cm³/mol. The summed E-state index contributed by atoms with van der Waals surface area (Å²) in [6.07, 6.45) is 7.42. The van der Waals surface area contributed by atoms with Gasteiger partial charge in [-0.1, -0.05) is 66.7 Å². The zero-order valence-corrected chi connectivity index (χ0v) is 18.7. The Morgan fingerprint density at radius 2 is 1.97 bits per heavy atom. The Morgan fingerprint density at radius 1 is 1.16 bits per heavy atom. The lowest BCUT2D eigenvalue weighted by Gasteiger charge is -2.21. The molecule has 5 heteroatoms. The summed E-state index contributed by atoms with van der Waals surface area (Å²) in [5.74, 6) is 1.82. The molecule has 4 nitrogen and oxygen atoms in total. The van der Waals surface area contributed by atoms with Crippen molar-refractivity contribution in [3.05, 3.63) is 84.8 Å². The minimum absolute atomic E-state index is 0.225. The molecule has 2 aromatic rings. The highest BCUT2D eigenvalue weighted by molar-refractivity contribution is 7.99. The number of hydrogen-bond donors (Lipinski definition) is 1. The Kier molecular flexibility index (Phi) is 9.10. The molecule has 164 valence electrons. The van der Waals surface area contributed by atoms with Gasteiger partial charge in [-0.2, -0.15) is 11.8 Å². The Labute approximate surface area is 189 Å². The summed E-state index contributed by atoms with van der Waals surface area (Å²) in [6, 6.07) is 19.5. The fraction of sp³-hybridized carbons (Fsp3) is 0.346. The average Bonchev–Trinajstić information content (AvgIpc) is 3.13. The quantitative estimate of drug-likeness (QED) is 0.345. The molecule has 1 aliphatic rings. The van der Waals surface area contributed by atoms with Gasteiger partial charge in [-0.3, -0.25) is 4.79 Å². The SMILES string of the molecule is C=C1OCC(/C=C/CCc2cccc(-c3ccccc3)c2)N1CCSCCCC(=O)O. The molecule has 3 rings (SSSR count). The molecular formula is C26H31NO3S. The standard InChI is InChI=1S/C26H31NO3S/c1-21-27(16-18-31-17-8-15-26(28)29)25(20-30-21)14-6-5-9-22-10-7-13-24(19-22)23-11-3-2-4-12-23/h2-4,6-7,10-14,19,25H,1,5,8-9,15-18,20H2,(H,28,29)/b14-6+. The number of hydrogen-bond acceptors (Lipinski definition) is 4. The van der Waals surface area contributed by atoms with Gasteiger partial charge in [-0.05, 0) is 48.3 Å². The number of carbonyl (C=O) groups is 1. The van der Waals surface area contributed by atoms with Crippen LogP contribution < -0.4 is 0 Å². The van der Waals surface area contributed by atoms with E-state index in [1.54, 1.807) is 11.8 Å². The molecule has 1 N–H and O–H groups in total. The molecule has 0 spiro atoms. The number of thioether (sulfide) groups is 1. The van der Waals surface area contributed by atoms with Gasteiger partial charge in [0.05, 0.1) is 6.04 Å². The van der Waals surface area contributed by atoms with E-state index in [-0.39, 0.29) is 12.5 Å². The first-order chi connectivity index (χ1) is 15.1. The van der Waals surface area contributed by atoms with Crippen LogP contribution in [0.15, 0.2) is 79.2 Å². The minimum atomic E-state index is -0.723. The molecule has 0 aliphatic carbocycles. The average molecular weight is 438 g/mol. The highest BCUT2D eigenvalue weighted by atomic mass is 32.2. The van der Waals surface area contributed by atoms with Crippen molar-refractivity contribution >= 4 is 17.7 Å². The lowest BCUT2D eigenvalue weighted by molar-refractivity contribution is -0.137. The van der Waals surface area contributed by atoms with Crippen molar-refractivity contribution in [2.45, 2.75) is 31.7 Å². The molecule has 0 amide bonds. The second-order valence-corrected chi connectivity index (χ2v) is 8.83. The number of allylic oxidation sites excluding steroid dienone is 1. The van der Waals surface area contributed by atoms with Crippen molar-refractivity contribution in [1.82, 2.24) is 4.90 Å². The fourth-order valence-electron chi connectivity index (χ4n) is 3.62. The number of carboxylic acids is 1. The summed E-state index contributed by atoms with van der Waals surface area (Å²) in [4.78, 5) is 12.8. The van der Waals surface area contributed by atoms with E-state index < -0.39 is 5.97 Å². The van der Waals surface area contributed by atoms with Crippen LogP contribution in [0.5, 0.6) is 0 Å². The van der Waals surface area contributed by atoms with E-state index in [1.165, 1.54) is 16.7 Å². The predicted octanol–water partition coefficient (Wildman–Crippen LogP) is 5.61. The van der Waals surface area contributed by atoms with Gasteiger partial charge < -0.3 is 14.7 Å². The summed E-state index contributed by atoms with van der Waals surface area (Å²) in [7, 11) is 0. The van der Waals surface area contributed by atoms with Crippen LogP contribution in [-0.2, 0) is 16.0 Å². The number of nitrogens with zero attached hydrogens (tertiary/aromatic N) is 1. The molecule has 1 unspecified atom stereocenters. The first-order valence-electron chi connectivity index (χ1n) is 10.8. The third-order valence-electron chi connectivity index (χ3n) is 5.29. The largest absolute Gasteiger partial charge is 0.481 e. The second kappa shape index (κ2) is 12.3. The maximum absolute atomic E-state index is 10.6. The highest BCUT2D eigenvalue weighted by Gasteiger charge is 2.25. The van der Waals surface area contributed by atoms with Crippen molar-refractivity contribution in [3.8, 4) is 11.1 Å². The topological polar surface area (TPSA) is 49.8 Å². The second-order valence-electron chi connectivity index (χ2n) is 7.61. The van der Waals surface area contributed by atoms with E-state index in [4.69, 9.17) is 9.84 Å². The van der Waals surface area contributed by atoms with Crippen molar-refractivity contribution in [2.24, 2.45) is 0 Å². The molecule has 0 aromatic heterocycles. The van der Waals surface area contributed by atoms with Crippen LogP contribution in [-0.4, -0.2) is 46.7 Å². The maximum atomic E-state index is 10.6. The van der Waals surface area contributed by atoms with Crippen LogP contribution in [0.3, 0.4) is 0 Å². The number of aliphatic carboxylic acids is 1. The zero-order valence-electron chi connectivity index (χ0n) is 17.9. The van der Waals surface area contributed by atoms with Crippen LogP contribution in [0.4, 0.5) is 0 Å². The van der Waals surface area contributed by atoms with Gasteiger partial charge in [0.2, 0.25) is 0 Å². The van der Waals surface area contributed by atoms with Gasteiger partial charge in [0.25, 0.3) is 0 Å². The summed E-state index contributed by atoms with van der Waals surface area (Å²) in [6.45, 7) is 5.53. The highest BCUT2D eigenvalue weighted by Crippen LogP contribution is 2.22. The molecule has 1 heterocycles. The van der Waals surface area contributed by atoms with Crippen molar-refractivity contribution < 1.29 is 14.6 Å². The van der Waals surface area contributed by atoms with Gasteiger partial charge in [0, 0.05) is 18.7 Å². The molecule has 0 radical (unpaired) electrons. The zero-order chi connectivity index (χ0) is 21.9. The molecule has 1 fully saturated rings. The van der Waals surface area contributed by atoms with E-state index in [1.807, 2.05) is 6.07 Å². The summed E-state index contributed by atoms with van der Waals surface area (Å²) in [5.41, 5.74) is 3.85. The minimum Gasteiger partial charge on any atom is -0.481 e. The Balaban J connectivity index is 1.43. The third kappa shape index (κ3) is 7.51. The first kappa shape index (κ1) is 23.0. The van der Waals surface area contributed by atoms with E-state index >= 15 is 0 Å². The van der Waals surface area contributed by atoms with E-state index in [2.05, 4.69) is 72.2 Å². The monoisotopic (exact) mass is 437 g/mol. The molecule has 2 aromatic carbocycles. The van der Waals surface area contributed by atoms with Gasteiger partial charge in [0.15, 0.2) is 5.88 Å². The molecule has 1 aliphatic heterocycles. The Hall–Kier alpha value is -2.66. The van der Waals surface area contributed by atoms with E-state index in [9.17, 15) is 4.79 Å². The molecule has 0 bridgehead atoms. The van der Waals surface area contributed by atoms with Gasteiger partial charge in [0.1, 0.15) is 6.61 Å².